The number of nitrogens with one attached hydrogen (secondary N) is 1. The molecule has 0 radical (unpaired) electrons. The molecule has 1 heterocycles. The Bertz CT molecular complexity index is 770. The fraction of sp³-hybridized carbons (Fsp3) is 0.375. The minimum atomic E-state index is -1.35. The van der Waals surface area contributed by atoms with Crippen molar-refractivity contribution < 1.29 is 23.6 Å². The smallest absolute Gasteiger partial charge is 0.328 e. The average molecular weight is 335 g/mol. The van der Waals surface area contributed by atoms with E-state index in [1.54, 1.807) is 19.1 Å². The van der Waals surface area contributed by atoms with Gasteiger partial charge in [0, 0.05) is 18.4 Å². The van der Waals surface area contributed by atoms with E-state index < -0.39 is 17.4 Å². The summed E-state index contributed by atoms with van der Waals surface area (Å²) < 4.78 is 18.6. The normalized spacial score (nSPS) is 11.3. The van der Waals surface area contributed by atoms with Crippen molar-refractivity contribution in [1.29, 1.82) is 0 Å². The zero-order chi connectivity index (χ0) is 17.9. The van der Waals surface area contributed by atoms with Crippen LogP contribution in [0.2, 0.25) is 0 Å². The summed E-state index contributed by atoms with van der Waals surface area (Å²) in [6.07, 6.45) is 0.156. The molecule has 7 nitrogen and oxygen atoms in total. The first-order valence-electron chi connectivity index (χ1n) is 7.32. The Morgan fingerprint density at radius 1 is 1.38 bits per heavy atom. The van der Waals surface area contributed by atoms with Crippen LogP contribution in [0.5, 0.6) is 0 Å². The standard InChI is InChI=1S/C16H18FN3O4/c1-9-4-5-10(8-11(9)17)14-18-13(24-20-14)7-6-12(21)19-16(2,3)15(22)23/h4-5,8H,6-7H2,1-3H3,(H,19,21)(H,22,23). The van der Waals surface area contributed by atoms with E-state index in [-0.39, 0.29) is 30.4 Å². The number of benzene rings is 1. The number of carboxylic acid groups (broad SMARTS) is 1. The molecule has 1 aromatic heterocycles. The number of halogens is 1. The quantitative estimate of drug-likeness (QED) is 0.837. The molecule has 1 aromatic carbocycles. The number of rotatable bonds is 6. The van der Waals surface area contributed by atoms with Crippen molar-refractivity contribution >= 4 is 11.9 Å². The van der Waals surface area contributed by atoms with Gasteiger partial charge in [-0.1, -0.05) is 17.3 Å². The Kier molecular flexibility index (Phi) is 4.96. The monoisotopic (exact) mass is 335 g/mol. The molecule has 0 saturated heterocycles. The summed E-state index contributed by atoms with van der Waals surface area (Å²) in [7, 11) is 0. The van der Waals surface area contributed by atoms with Crippen LogP contribution in [0.1, 0.15) is 31.7 Å². The van der Waals surface area contributed by atoms with E-state index in [1.807, 2.05) is 0 Å². The fourth-order valence-corrected chi connectivity index (χ4v) is 1.89. The zero-order valence-corrected chi connectivity index (χ0v) is 13.6. The first-order valence-corrected chi connectivity index (χ1v) is 7.32. The number of aromatic nitrogens is 2. The maximum Gasteiger partial charge on any atom is 0.328 e. The van der Waals surface area contributed by atoms with Gasteiger partial charge in [-0.3, -0.25) is 4.79 Å². The highest BCUT2D eigenvalue weighted by atomic mass is 19.1. The van der Waals surface area contributed by atoms with Crippen molar-refractivity contribution in [3.8, 4) is 11.4 Å². The van der Waals surface area contributed by atoms with Gasteiger partial charge >= 0.3 is 5.97 Å². The highest BCUT2D eigenvalue weighted by Crippen LogP contribution is 2.19. The number of aliphatic carboxylic acids is 1. The molecule has 24 heavy (non-hydrogen) atoms. The molecule has 128 valence electrons. The molecular weight excluding hydrogens is 317 g/mol. The number of nitrogens with zero attached hydrogens (tertiary/aromatic N) is 2. The minimum Gasteiger partial charge on any atom is -0.480 e. The molecular formula is C16H18FN3O4. The number of aryl methyl sites for hydroxylation is 2. The van der Waals surface area contributed by atoms with Crippen LogP contribution in [0.25, 0.3) is 11.4 Å². The van der Waals surface area contributed by atoms with E-state index in [1.165, 1.54) is 19.9 Å². The number of hydrogen-bond donors (Lipinski definition) is 2. The predicted octanol–water partition coefficient (Wildman–Crippen LogP) is 2.10. The second-order valence-corrected chi connectivity index (χ2v) is 5.95. The van der Waals surface area contributed by atoms with Crippen LogP contribution in [0.15, 0.2) is 22.7 Å². The van der Waals surface area contributed by atoms with Gasteiger partial charge in [0.15, 0.2) is 0 Å². The van der Waals surface area contributed by atoms with Gasteiger partial charge < -0.3 is 14.9 Å². The predicted molar refractivity (Wildman–Crippen MR) is 82.6 cm³/mol. The van der Waals surface area contributed by atoms with Gasteiger partial charge in [-0.05, 0) is 32.4 Å². The maximum atomic E-state index is 13.6. The third-order valence-corrected chi connectivity index (χ3v) is 3.45. The third kappa shape index (κ3) is 4.15. The van der Waals surface area contributed by atoms with Crippen molar-refractivity contribution in [1.82, 2.24) is 15.5 Å². The lowest BCUT2D eigenvalue weighted by molar-refractivity contribution is -0.146. The van der Waals surface area contributed by atoms with Crippen LogP contribution < -0.4 is 5.32 Å². The number of carbonyl (C=O) groups excluding carboxylic acids is 1. The van der Waals surface area contributed by atoms with Crippen LogP contribution in [-0.2, 0) is 16.0 Å². The van der Waals surface area contributed by atoms with Gasteiger partial charge in [0.05, 0.1) is 0 Å². The highest BCUT2D eigenvalue weighted by molar-refractivity contribution is 5.86. The van der Waals surface area contributed by atoms with Crippen molar-refractivity contribution in [2.75, 3.05) is 0 Å². The zero-order valence-electron chi connectivity index (χ0n) is 13.6. The number of amides is 1. The molecule has 0 saturated carbocycles. The Hall–Kier alpha value is -2.77. The second kappa shape index (κ2) is 6.77. The molecule has 0 unspecified atom stereocenters. The number of carbonyl (C=O) groups is 2. The van der Waals surface area contributed by atoms with E-state index in [9.17, 15) is 14.0 Å². The minimum absolute atomic E-state index is 0.000597. The first kappa shape index (κ1) is 17.6. The van der Waals surface area contributed by atoms with E-state index in [4.69, 9.17) is 9.63 Å². The topological polar surface area (TPSA) is 105 Å². The van der Waals surface area contributed by atoms with Crippen molar-refractivity contribution in [2.24, 2.45) is 0 Å². The molecule has 0 aliphatic heterocycles. The molecule has 0 spiro atoms. The molecule has 0 atom stereocenters. The summed E-state index contributed by atoms with van der Waals surface area (Å²) in [6.45, 7) is 4.44. The lowest BCUT2D eigenvalue weighted by Gasteiger charge is -2.20. The molecule has 2 rings (SSSR count). The third-order valence-electron chi connectivity index (χ3n) is 3.45. The van der Waals surface area contributed by atoms with Crippen LogP contribution in [-0.4, -0.2) is 32.7 Å². The van der Waals surface area contributed by atoms with Crippen LogP contribution in [0.4, 0.5) is 4.39 Å². The summed E-state index contributed by atoms with van der Waals surface area (Å²) in [5, 5.41) is 15.1. The molecule has 2 N–H and O–H groups in total. The lowest BCUT2D eigenvalue weighted by atomic mass is 10.1. The Balaban J connectivity index is 1.98. The van der Waals surface area contributed by atoms with Gasteiger partial charge in [0.2, 0.25) is 17.6 Å². The Morgan fingerprint density at radius 3 is 2.71 bits per heavy atom. The van der Waals surface area contributed by atoms with Crippen molar-refractivity contribution in [3.63, 3.8) is 0 Å². The molecule has 0 aliphatic rings. The molecule has 1 amide bonds. The van der Waals surface area contributed by atoms with Gasteiger partial charge in [0.1, 0.15) is 11.4 Å². The van der Waals surface area contributed by atoms with Crippen molar-refractivity contribution in [3.05, 3.63) is 35.5 Å². The SMILES string of the molecule is Cc1ccc(-c2noc(CCC(=O)NC(C)(C)C(=O)O)n2)cc1F. The average Bonchev–Trinajstić information content (AvgIpc) is 2.96. The Morgan fingerprint density at radius 2 is 2.08 bits per heavy atom. The Labute approximate surface area is 137 Å². The highest BCUT2D eigenvalue weighted by Gasteiger charge is 2.28. The van der Waals surface area contributed by atoms with Gasteiger partial charge in [0.25, 0.3) is 0 Å². The van der Waals surface area contributed by atoms with Crippen molar-refractivity contribution in [2.45, 2.75) is 39.2 Å². The number of hydrogen-bond acceptors (Lipinski definition) is 5. The van der Waals surface area contributed by atoms with E-state index >= 15 is 0 Å². The van der Waals surface area contributed by atoms with Crippen LogP contribution >= 0.6 is 0 Å². The van der Waals surface area contributed by atoms with Gasteiger partial charge in [-0.2, -0.15) is 4.98 Å². The summed E-state index contributed by atoms with van der Waals surface area (Å²) in [6, 6.07) is 4.60. The second-order valence-electron chi connectivity index (χ2n) is 5.95. The largest absolute Gasteiger partial charge is 0.480 e. The fourth-order valence-electron chi connectivity index (χ4n) is 1.89. The first-order chi connectivity index (χ1) is 11.2. The molecule has 0 fully saturated rings. The van der Waals surface area contributed by atoms with E-state index in [0.29, 0.717) is 11.1 Å². The van der Waals surface area contributed by atoms with E-state index in [2.05, 4.69) is 15.5 Å². The lowest BCUT2D eigenvalue weighted by Crippen LogP contribution is -2.49. The summed E-state index contributed by atoms with van der Waals surface area (Å²) in [5.74, 6) is -1.49. The molecule has 2 aromatic rings. The number of carboxylic acids is 1. The molecule has 0 bridgehead atoms. The van der Waals surface area contributed by atoms with Crippen LogP contribution in [0.3, 0.4) is 0 Å². The summed E-state index contributed by atoms with van der Waals surface area (Å²) in [5.41, 5.74) is -0.360. The molecule has 8 heteroatoms. The summed E-state index contributed by atoms with van der Waals surface area (Å²) in [4.78, 5) is 26.9. The van der Waals surface area contributed by atoms with Crippen LogP contribution in [0, 0.1) is 12.7 Å². The van der Waals surface area contributed by atoms with Gasteiger partial charge in [-0.25, -0.2) is 9.18 Å². The summed E-state index contributed by atoms with van der Waals surface area (Å²) >= 11 is 0. The maximum absolute atomic E-state index is 13.6. The van der Waals surface area contributed by atoms with E-state index in [0.717, 1.165) is 0 Å². The molecule has 0 aliphatic carbocycles. The van der Waals surface area contributed by atoms with Gasteiger partial charge in [-0.15, -0.1) is 0 Å².